The smallest absolute Gasteiger partial charge is 0.223 e. The van der Waals surface area contributed by atoms with Crippen molar-refractivity contribution in [3.63, 3.8) is 0 Å². The molecule has 7 nitrogen and oxygen atoms in total. The molecule has 0 unspecified atom stereocenters. The second-order valence-electron chi connectivity index (χ2n) is 4.14. The molecule has 0 saturated heterocycles. The molecule has 1 heterocycles. The number of hydrogen-bond acceptors (Lipinski definition) is 3. The highest BCUT2D eigenvalue weighted by atomic mass is 16.5. The zero-order valence-corrected chi connectivity index (χ0v) is 11.3. The lowest BCUT2D eigenvalue weighted by atomic mass is 10.1. The quantitative estimate of drug-likeness (QED) is 0.550. The molecular formula is C13H16N6O. The lowest BCUT2D eigenvalue weighted by Gasteiger charge is -2.08. The minimum absolute atomic E-state index is 0.0166. The Kier molecular flexibility index (Phi) is 3.69. The number of hydrogen-bond donors (Lipinski definition) is 3. The summed E-state index contributed by atoms with van der Waals surface area (Å²) < 4.78 is 5.30. The molecule has 1 aromatic heterocycles. The summed E-state index contributed by atoms with van der Waals surface area (Å²) in [5, 5.41) is 0.809. The van der Waals surface area contributed by atoms with Gasteiger partial charge in [0.15, 0.2) is 5.96 Å². The molecule has 0 fully saturated rings. The maximum Gasteiger partial charge on any atom is 0.223 e. The van der Waals surface area contributed by atoms with Gasteiger partial charge < -0.3 is 21.9 Å². The first-order valence-corrected chi connectivity index (χ1v) is 5.89. The fourth-order valence-corrected chi connectivity index (χ4v) is 1.82. The largest absolute Gasteiger partial charge is 0.494 e. The van der Waals surface area contributed by atoms with Crippen LogP contribution in [0, 0.1) is 6.92 Å². The van der Waals surface area contributed by atoms with E-state index < -0.39 is 0 Å². The highest BCUT2D eigenvalue weighted by molar-refractivity contribution is 5.99. The van der Waals surface area contributed by atoms with E-state index in [1.54, 1.807) is 19.2 Å². The topological polar surface area (TPSA) is 125 Å². The van der Waals surface area contributed by atoms with Gasteiger partial charge in [0, 0.05) is 11.1 Å². The fraction of sp³-hybridized carbons (Fsp3) is 0.154. The molecule has 0 aliphatic rings. The minimum Gasteiger partial charge on any atom is -0.494 e. The van der Waals surface area contributed by atoms with Crippen molar-refractivity contribution in [3.05, 3.63) is 30.0 Å². The molecule has 0 aliphatic carbocycles. The molecule has 0 aliphatic heterocycles. The number of methoxy groups -OCH3 is 1. The average molecular weight is 272 g/mol. The zero-order valence-electron chi connectivity index (χ0n) is 11.3. The van der Waals surface area contributed by atoms with Crippen molar-refractivity contribution < 1.29 is 4.74 Å². The Morgan fingerprint density at radius 1 is 1.15 bits per heavy atom. The minimum atomic E-state index is -0.141. The number of pyridine rings is 1. The van der Waals surface area contributed by atoms with Gasteiger partial charge in [0.2, 0.25) is 5.96 Å². The van der Waals surface area contributed by atoms with E-state index in [4.69, 9.17) is 21.9 Å². The predicted molar refractivity (Wildman–Crippen MR) is 80.1 cm³/mol. The lowest BCUT2D eigenvalue weighted by molar-refractivity contribution is 0.419. The molecule has 6 N–H and O–H groups in total. The number of aliphatic imine (C=N–C) groups is 2. The molecule has 0 amide bonds. The number of nitrogens with zero attached hydrogens (tertiary/aromatic N) is 3. The number of nitrogens with two attached hydrogens (primary N) is 3. The van der Waals surface area contributed by atoms with E-state index >= 15 is 0 Å². The number of ether oxygens (including phenoxy) is 1. The van der Waals surface area contributed by atoms with Crippen LogP contribution >= 0.6 is 0 Å². The van der Waals surface area contributed by atoms with Gasteiger partial charge in [-0.15, -0.1) is 0 Å². The zero-order chi connectivity index (χ0) is 14.7. The molecule has 0 atom stereocenters. The maximum absolute atomic E-state index is 5.65. The third-order valence-electron chi connectivity index (χ3n) is 2.63. The molecule has 0 bridgehead atoms. The van der Waals surface area contributed by atoms with Gasteiger partial charge in [-0.05, 0) is 31.2 Å². The van der Waals surface area contributed by atoms with E-state index in [0.717, 1.165) is 11.1 Å². The van der Waals surface area contributed by atoms with E-state index in [0.29, 0.717) is 17.0 Å². The Morgan fingerprint density at radius 2 is 1.90 bits per heavy atom. The van der Waals surface area contributed by atoms with Gasteiger partial charge in [0.05, 0.1) is 12.8 Å². The van der Waals surface area contributed by atoms with Gasteiger partial charge in [-0.2, -0.15) is 4.99 Å². The van der Waals surface area contributed by atoms with Crippen LogP contribution in [0.1, 0.15) is 5.69 Å². The van der Waals surface area contributed by atoms with Crippen molar-refractivity contribution in [2.45, 2.75) is 6.92 Å². The molecule has 0 spiro atoms. The fourth-order valence-electron chi connectivity index (χ4n) is 1.82. The molecule has 2 aromatic rings. The van der Waals surface area contributed by atoms with Crippen LogP contribution in [0.2, 0.25) is 0 Å². The molecule has 104 valence electrons. The summed E-state index contributed by atoms with van der Waals surface area (Å²) in [6.45, 7) is 1.91. The normalized spacial score (nSPS) is 11.4. The lowest BCUT2D eigenvalue weighted by Crippen LogP contribution is -2.26. The standard InChI is InChI=1S/C13H16N6O/c1-7-3-4-8-9(18-13(16)19-12(14)15)5-6-10(20-2)11(8)17-7/h3-6H,1-2H3,(H6,14,15,16,18,19). The number of benzene rings is 1. The third kappa shape index (κ3) is 2.77. The van der Waals surface area contributed by atoms with E-state index in [-0.39, 0.29) is 11.9 Å². The summed E-state index contributed by atoms with van der Waals surface area (Å²) in [6.07, 6.45) is 0. The average Bonchev–Trinajstić information content (AvgIpc) is 2.37. The van der Waals surface area contributed by atoms with Crippen molar-refractivity contribution in [1.29, 1.82) is 0 Å². The van der Waals surface area contributed by atoms with Gasteiger partial charge in [0.1, 0.15) is 11.3 Å². The van der Waals surface area contributed by atoms with Gasteiger partial charge in [-0.1, -0.05) is 0 Å². The van der Waals surface area contributed by atoms with Gasteiger partial charge in [0.25, 0.3) is 0 Å². The molecule has 2 rings (SSSR count). The third-order valence-corrected chi connectivity index (χ3v) is 2.63. The van der Waals surface area contributed by atoms with Gasteiger partial charge >= 0.3 is 0 Å². The summed E-state index contributed by atoms with van der Waals surface area (Å²) in [7, 11) is 1.59. The van der Waals surface area contributed by atoms with Gasteiger partial charge in [-0.3, -0.25) is 0 Å². The Morgan fingerprint density at radius 3 is 2.55 bits per heavy atom. The van der Waals surface area contributed by atoms with E-state index in [1.807, 2.05) is 19.1 Å². The van der Waals surface area contributed by atoms with E-state index in [9.17, 15) is 0 Å². The SMILES string of the molecule is COc1ccc(N=C(N)N=C(N)N)c2ccc(C)nc12. The van der Waals surface area contributed by atoms with Crippen LogP contribution in [0.5, 0.6) is 5.75 Å². The van der Waals surface area contributed by atoms with Crippen LogP contribution in [0.15, 0.2) is 34.3 Å². The number of rotatable bonds is 2. The van der Waals surface area contributed by atoms with Gasteiger partial charge in [-0.25, -0.2) is 9.98 Å². The molecule has 20 heavy (non-hydrogen) atoms. The van der Waals surface area contributed by atoms with Crippen LogP contribution in [-0.2, 0) is 0 Å². The van der Waals surface area contributed by atoms with Crippen LogP contribution < -0.4 is 21.9 Å². The number of aromatic nitrogens is 1. The molecule has 0 radical (unpaired) electrons. The van der Waals surface area contributed by atoms with Crippen molar-refractivity contribution in [2.75, 3.05) is 7.11 Å². The summed E-state index contributed by atoms with van der Waals surface area (Å²) in [5.41, 5.74) is 18.4. The predicted octanol–water partition coefficient (Wildman–Crippen LogP) is 0.771. The summed E-state index contributed by atoms with van der Waals surface area (Å²) in [5.74, 6) is 0.512. The molecule has 7 heteroatoms. The number of aryl methyl sites for hydroxylation is 1. The van der Waals surface area contributed by atoms with Crippen molar-refractivity contribution in [3.8, 4) is 5.75 Å². The number of guanidine groups is 2. The second kappa shape index (κ2) is 5.43. The van der Waals surface area contributed by atoms with Crippen LogP contribution in [0.4, 0.5) is 5.69 Å². The Balaban J connectivity index is 2.64. The number of fused-ring (bicyclic) bond motifs is 1. The van der Waals surface area contributed by atoms with Crippen LogP contribution in [-0.4, -0.2) is 24.0 Å². The summed E-state index contributed by atoms with van der Waals surface area (Å²) >= 11 is 0. The van der Waals surface area contributed by atoms with E-state index in [2.05, 4.69) is 15.0 Å². The Bertz CT molecular complexity index is 703. The van der Waals surface area contributed by atoms with Crippen LogP contribution in [0.25, 0.3) is 10.9 Å². The molecule has 1 aromatic carbocycles. The highest BCUT2D eigenvalue weighted by Gasteiger charge is 2.08. The first kappa shape index (κ1) is 13.6. The van der Waals surface area contributed by atoms with Crippen LogP contribution in [0.3, 0.4) is 0 Å². The Hall–Kier alpha value is -2.83. The van der Waals surface area contributed by atoms with Crippen molar-refractivity contribution in [1.82, 2.24) is 4.98 Å². The summed E-state index contributed by atoms with van der Waals surface area (Å²) in [4.78, 5) is 12.3. The maximum atomic E-state index is 5.65. The van der Waals surface area contributed by atoms with Crippen molar-refractivity contribution in [2.24, 2.45) is 27.2 Å². The molecule has 0 saturated carbocycles. The Labute approximate surface area is 116 Å². The first-order chi connectivity index (χ1) is 9.51. The monoisotopic (exact) mass is 272 g/mol. The van der Waals surface area contributed by atoms with E-state index in [1.165, 1.54) is 0 Å². The van der Waals surface area contributed by atoms with Crippen molar-refractivity contribution >= 4 is 28.5 Å². The first-order valence-electron chi connectivity index (χ1n) is 5.89. The summed E-state index contributed by atoms with van der Waals surface area (Å²) in [6, 6.07) is 7.34. The second-order valence-corrected chi connectivity index (χ2v) is 4.14. The highest BCUT2D eigenvalue weighted by Crippen LogP contribution is 2.32. The molecular weight excluding hydrogens is 256 g/mol.